The maximum absolute atomic E-state index is 15.0. The predicted octanol–water partition coefficient (Wildman–Crippen LogP) is 2.58. The Balaban J connectivity index is 1.51. The summed E-state index contributed by atoms with van der Waals surface area (Å²) in [5, 5.41) is 6.71. The summed E-state index contributed by atoms with van der Waals surface area (Å²) in [7, 11) is 0. The van der Waals surface area contributed by atoms with Gasteiger partial charge in [0, 0.05) is 31.0 Å². The topological polar surface area (TPSA) is 83.5 Å². The second kappa shape index (κ2) is 8.16. The van der Waals surface area contributed by atoms with Gasteiger partial charge in [-0.2, -0.15) is 0 Å². The van der Waals surface area contributed by atoms with Crippen LogP contribution in [0.4, 0.5) is 25.0 Å². The first kappa shape index (κ1) is 21.1. The van der Waals surface area contributed by atoms with Crippen LogP contribution in [0, 0.1) is 17.0 Å². The van der Waals surface area contributed by atoms with Gasteiger partial charge in [0.25, 0.3) is 0 Å². The SMILES string of the molecule is C=CCO/N=C1\CN(c2c(F)cc(N3C[C@H](CNC(C)=O)OC3=O)cc2F)CC12CC2. The van der Waals surface area contributed by atoms with Gasteiger partial charge in [0.2, 0.25) is 5.91 Å². The monoisotopic (exact) mass is 434 g/mol. The van der Waals surface area contributed by atoms with Crippen LogP contribution in [-0.4, -0.2) is 56.6 Å². The first-order valence-electron chi connectivity index (χ1n) is 10.1. The standard InChI is InChI=1S/C21H24F2N4O4/c1-3-6-30-25-18-11-26(12-21(18)4-5-21)19-16(22)7-14(8-17(19)23)27-10-15(31-20(27)29)9-24-13(2)28/h3,7-8,15H,1,4-6,9-12H2,2H3,(H,24,28)/b25-18+/t15-/m0/s1. The number of rotatable bonds is 7. The lowest BCUT2D eigenvalue weighted by Crippen LogP contribution is -2.33. The molecule has 1 aliphatic carbocycles. The van der Waals surface area contributed by atoms with Gasteiger partial charge in [0.15, 0.2) is 11.6 Å². The van der Waals surface area contributed by atoms with Crippen molar-refractivity contribution in [3.63, 3.8) is 0 Å². The highest BCUT2D eigenvalue weighted by molar-refractivity contribution is 5.99. The highest BCUT2D eigenvalue weighted by atomic mass is 19.1. The molecule has 2 aliphatic heterocycles. The van der Waals surface area contributed by atoms with Gasteiger partial charge in [-0.25, -0.2) is 13.6 Å². The number of oxime groups is 1. The minimum atomic E-state index is -0.767. The zero-order valence-electron chi connectivity index (χ0n) is 17.2. The number of nitrogens with zero attached hydrogens (tertiary/aromatic N) is 3. The fraction of sp³-hybridized carbons (Fsp3) is 0.476. The number of amides is 2. The van der Waals surface area contributed by atoms with Crippen molar-refractivity contribution in [2.24, 2.45) is 10.6 Å². The Kier molecular flexibility index (Phi) is 5.55. The van der Waals surface area contributed by atoms with Crippen LogP contribution in [0.1, 0.15) is 19.8 Å². The summed E-state index contributed by atoms with van der Waals surface area (Å²) in [5.74, 6) is -1.79. The lowest BCUT2D eigenvalue weighted by atomic mass is 10.1. The zero-order valence-corrected chi connectivity index (χ0v) is 17.2. The van der Waals surface area contributed by atoms with Crippen molar-refractivity contribution < 1.29 is 27.9 Å². The molecule has 1 aromatic carbocycles. The van der Waals surface area contributed by atoms with Gasteiger partial charge >= 0.3 is 6.09 Å². The van der Waals surface area contributed by atoms with E-state index in [1.54, 1.807) is 11.0 Å². The molecule has 0 radical (unpaired) electrons. The van der Waals surface area contributed by atoms with E-state index in [0.717, 1.165) is 35.6 Å². The van der Waals surface area contributed by atoms with Crippen molar-refractivity contribution in [2.45, 2.75) is 25.9 Å². The van der Waals surface area contributed by atoms with Crippen molar-refractivity contribution >= 4 is 29.1 Å². The summed E-state index contributed by atoms with van der Waals surface area (Å²) in [6.07, 6.45) is 2.07. The van der Waals surface area contributed by atoms with Gasteiger partial charge in [-0.1, -0.05) is 17.8 Å². The molecule has 8 nitrogen and oxygen atoms in total. The van der Waals surface area contributed by atoms with Crippen LogP contribution in [0.25, 0.3) is 0 Å². The molecule has 3 aliphatic rings. The second-order valence-corrected chi connectivity index (χ2v) is 8.07. The molecular weight excluding hydrogens is 410 g/mol. The van der Waals surface area contributed by atoms with Crippen LogP contribution in [0.2, 0.25) is 0 Å². The summed E-state index contributed by atoms with van der Waals surface area (Å²) < 4.78 is 35.2. The molecule has 1 aromatic rings. The Hall–Kier alpha value is -3.17. The van der Waals surface area contributed by atoms with Crippen molar-refractivity contribution in [2.75, 3.05) is 42.6 Å². The molecule has 0 aromatic heterocycles. The molecule has 31 heavy (non-hydrogen) atoms. The number of carbonyl (C=O) groups excluding carboxylic acids is 2. The third kappa shape index (κ3) is 4.19. The van der Waals surface area contributed by atoms with E-state index in [4.69, 9.17) is 9.57 Å². The number of hydrogen-bond acceptors (Lipinski definition) is 6. The molecule has 0 unspecified atom stereocenters. The fourth-order valence-electron chi connectivity index (χ4n) is 4.02. The van der Waals surface area contributed by atoms with E-state index >= 15 is 0 Å². The summed E-state index contributed by atoms with van der Waals surface area (Å²) in [6.45, 7) is 6.14. The number of hydrogen-bond donors (Lipinski definition) is 1. The maximum atomic E-state index is 15.0. The number of nitrogens with one attached hydrogen (secondary N) is 1. The summed E-state index contributed by atoms with van der Waals surface area (Å²) in [6, 6.07) is 2.26. The summed E-state index contributed by atoms with van der Waals surface area (Å²) in [4.78, 5) is 31.2. The molecule has 2 saturated heterocycles. The van der Waals surface area contributed by atoms with Crippen LogP contribution in [0.3, 0.4) is 0 Å². The average molecular weight is 434 g/mol. The predicted molar refractivity (Wildman–Crippen MR) is 110 cm³/mol. The van der Waals surface area contributed by atoms with Gasteiger partial charge in [-0.05, 0) is 12.8 Å². The van der Waals surface area contributed by atoms with Gasteiger partial charge < -0.3 is 19.8 Å². The molecule has 2 heterocycles. The summed E-state index contributed by atoms with van der Waals surface area (Å²) >= 11 is 0. The van der Waals surface area contributed by atoms with Crippen LogP contribution in [0.5, 0.6) is 0 Å². The Morgan fingerprint density at radius 2 is 2.13 bits per heavy atom. The smallest absolute Gasteiger partial charge is 0.414 e. The molecule has 166 valence electrons. The van der Waals surface area contributed by atoms with Gasteiger partial charge in [0.05, 0.1) is 31.0 Å². The number of anilines is 2. The van der Waals surface area contributed by atoms with Gasteiger partial charge in [-0.15, -0.1) is 0 Å². The molecule has 0 bridgehead atoms. The molecule has 1 N–H and O–H groups in total. The second-order valence-electron chi connectivity index (χ2n) is 8.07. The van der Waals surface area contributed by atoms with Gasteiger partial charge in [0.1, 0.15) is 18.4 Å². The van der Waals surface area contributed by atoms with Gasteiger partial charge in [-0.3, -0.25) is 9.69 Å². The normalized spacial score (nSPS) is 22.7. The lowest BCUT2D eigenvalue weighted by Gasteiger charge is -2.21. The van der Waals surface area contributed by atoms with Crippen molar-refractivity contribution in [1.82, 2.24) is 5.32 Å². The molecule has 1 saturated carbocycles. The minimum Gasteiger partial charge on any atom is -0.442 e. The Morgan fingerprint density at radius 3 is 2.74 bits per heavy atom. The third-order valence-corrected chi connectivity index (χ3v) is 5.75. The molecule has 1 spiro atoms. The van der Waals surface area contributed by atoms with Crippen molar-refractivity contribution in [3.8, 4) is 0 Å². The first-order valence-corrected chi connectivity index (χ1v) is 10.1. The first-order chi connectivity index (χ1) is 14.8. The number of benzene rings is 1. The van der Waals surface area contributed by atoms with E-state index in [0.29, 0.717) is 6.54 Å². The van der Waals surface area contributed by atoms with E-state index in [-0.39, 0.29) is 48.9 Å². The largest absolute Gasteiger partial charge is 0.442 e. The van der Waals surface area contributed by atoms with Crippen LogP contribution >= 0.6 is 0 Å². The number of ether oxygens (including phenoxy) is 1. The Labute approximate surface area is 178 Å². The molecule has 1 atom stereocenters. The lowest BCUT2D eigenvalue weighted by molar-refractivity contribution is -0.119. The number of cyclic esters (lactones) is 1. The highest BCUT2D eigenvalue weighted by Crippen LogP contribution is 2.52. The van der Waals surface area contributed by atoms with E-state index < -0.39 is 23.8 Å². The van der Waals surface area contributed by atoms with Crippen LogP contribution in [0.15, 0.2) is 29.9 Å². The molecule has 2 amide bonds. The maximum Gasteiger partial charge on any atom is 0.414 e. The minimum absolute atomic E-state index is 0.0672. The molecule has 3 fully saturated rings. The van der Waals surface area contributed by atoms with Crippen LogP contribution < -0.4 is 15.1 Å². The molecular formula is C21H24F2N4O4. The van der Waals surface area contributed by atoms with Crippen molar-refractivity contribution in [3.05, 3.63) is 36.4 Å². The zero-order chi connectivity index (χ0) is 22.2. The average Bonchev–Trinajstić information content (AvgIpc) is 3.25. The van der Waals surface area contributed by atoms with E-state index in [2.05, 4.69) is 17.1 Å². The third-order valence-electron chi connectivity index (χ3n) is 5.75. The molecule has 4 rings (SSSR count). The van der Waals surface area contributed by atoms with Crippen LogP contribution in [-0.2, 0) is 14.4 Å². The van der Waals surface area contributed by atoms with E-state index in [1.807, 2.05) is 0 Å². The Bertz CT molecular complexity index is 924. The van der Waals surface area contributed by atoms with Crippen molar-refractivity contribution in [1.29, 1.82) is 0 Å². The number of halogens is 2. The quantitative estimate of drug-likeness (QED) is 0.405. The summed E-state index contributed by atoms with van der Waals surface area (Å²) in [5.41, 5.74) is 0.513. The fourth-order valence-corrected chi connectivity index (χ4v) is 4.02. The van der Waals surface area contributed by atoms with E-state index in [1.165, 1.54) is 6.92 Å². The number of carbonyl (C=O) groups is 2. The Morgan fingerprint density at radius 1 is 1.42 bits per heavy atom. The van der Waals surface area contributed by atoms with E-state index in [9.17, 15) is 18.4 Å². The highest BCUT2D eigenvalue weighted by Gasteiger charge is 2.54. The molecule has 10 heteroatoms.